The molecule has 1 aromatic carbocycles. The van der Waals surface area contributed by atoms with E-state index in [2.05, 4.69) is 15.3 Å². The highest BCUT2D eigenvalue weighted by molar-refractivity contribution is 6.18. The molecule has 2 aromatic rings. The first-order valence-electron chi connectivity index (χ1n) is 5.96. The lowest BCUT2D eigenvalue weighted by Crippen LogP contribution is -2.29. The largest absolute Gasteiger partial charge is 0.346 e. The van der Waals surface area contributed by atoms with Gasteiger partial charge in [0.15, 0.2) is 0 Å². The van der Waals surface area contributed by atoms with Crippen molar-refractivity contribution in [3.05, 3.63) is 40.4 Å². The lowest BCUT2D eigenvalue weighted by Gasteiger charge is -2.13. The van der Waals surface area contributed by atoms with Gasteiger partial charge in [-0.1, -0.05) is 12.1 Å². The standard InChI is InChI=1S/C13H14ClN3O2/c1-8(15-11(18)6-7-14)12-16-10-5-3-2-4-9(10)13(19)17-12/h2-5,8H,6-7H2,1H3,(H,15,18)(H,16,17,19). The molecule has 1 aromatic heterocycles. The molecular formula is C13H14ClN3O2. The molecule has 19 heavy (non-hydrogen) atoms. The van der Waals surface area contributed by atoms with E-state index in [1.165, 1.54) is 0 Å². The van der Waals surface area contributed by atoms with Crippen LogP contribution >= 0.6 is 11.6 Å². The summed E-state index contributed by atoms with van der Waals surface area (Å²) in [6.45, 7) is 1.76. The second-order valence-electron chi connectivity index (χ2n) is 4.20. The highest BCUT2D eigenvalue weighted by atomic mass is 35.5. The second kappa shape index (κ2) is 5.84. The maximum absolute atomic E-state index is 11.9. The summed E-state index contributed by atoms with van der Waals surface area (Å²) in [5, 5.41) is 3.27. The molecule has 0 spiro atoms. The molecule has 2 N–H and O–H groups in total. The number of H-pyrrole nitrogens is 1. The number of aromatic amines is 1. The van der Waals surface area contributed by atoms with Gasteiger partial charge in [-0.3, -0.25) is 9.59 Å². The van der Waals surface area contributed by atoms with Crippen LogP contribution < -0.4 is 10.9 Å². The van der Waals surface area contributed by atoms with Crippen molar-refractivity contribution in [2.45, 2.75) is 19.4 Å². The zero-order valence-corrected chi connectivity index (χ0v) is 11.2. The Hall–Kier alpha value is -1.88. The molecule has 0 radical (unpaired) electrons. The van der Waals surface area contributed by atoms with Gasteiger partial charge in [0.25, 0.3) is 5.56 Å². The van der Waals surface area contributed by atoms with Crippen LogP contribution in [-0.2, 0) is 4.79 Å². The number of nitrogens with one attached hydrogen (secondary N) is 2. The molecule has 0 bridgehead atoms. The Kier molecular flexibility index (Phi) is 4.16. The topological polar surface area (TPSA) is 74.8 Å². The van der Waals surface area contributed by atoms with Crippen LogP contribution in [0.25, 0.3) is 10.9 Å². The molecule has 0 fully saturated rings. The van der Waals surface area contributed by atoms with Crippen LogP contribution in [0.1, 0.15) is 25.2 Å². The summed E-state index contributed by atoms with van der Waals surface area (Å²) < 4.78 is 0. The third kappa shape index (κ3) is 3.12. The third-order valence-corrected chi connectivity index (χ3v) is 2.93. The van der Waals surface area contributed by atoms with E-state index in [0.29, 0.717) is 16.7 Å². The molecule has 5 nitrogen and oxygen atoms in total. The first-order chi connectivity index (χ1) is 9.11. The first-order valence-corrected chi connectivity index (χ1v) is 6.49. The zero-order valence-electron chi connectivity index (χ0n) is 10.4. The van der Waals surface area contributed by atoms with E-state index in [0.717, 1.165) is 0 Å². The van der Waals surface area contributed by atoms with Crippen LogP contribution in [0.5, 0.6) is 0 Å². The van der Waals surface area contributed by atoms with Gasteiger partial charge in [-0.15, -0.1) is 11.6 Å². The van der Waals surface area contributed by atoms with E-state index in [-0.39, 0.29) is 29.8 Å². The van der Waals surface area contributed by atoms with Gasteiger partial charge >= 0.3 is 0 Å². The van der Waals surface area contributed by atoms with Crippen molar-refractivity contribution < 1.29 is 4.79 Å². The number of para-hydroxylation sites is 1. The van der Waals surface area contributed by atoms with Gasteiger partial charge in [-0.25, -0.2) is 4.98 Å². The highest BCUT2D eigenvalue weighted by Crippen LogP contribution is 2.10. The molecule has 1 unspecified atom stereocenters. The SMILES string of the molecule is CC(NC(=O)CCCl)c1nc2ccccc2c(=O)[nH]1. The number of rotatable bonds is 4. The van der Waals surface area contributed by atoms with Crippen molar-refractivity contribution in [2.75, 3.05) is 5.88 Å². The van der Waals surface area contributed by atoms with Gasteiger partial charge < -0.3 is 10.3 Å². The number of amides is 1. The Bertz CT molecular complexity index is 654. The fourth-order valence-corrected chi connectivity index (χ4v) is 1.95. The van der Waals surface area contributed by atoms with E-state index < -0.39 is 0 Å². The molecule has 0 aliphatic carbocycles. The normalized spacial score (nSPS) is 12.3. The molecule has 2 rings (SSSR count). The Morgan fingerprint density at radius 2 is 2.21 bits per heavy atom. The molecule has 100 valence electrons. The fraction of sp³-hybridized carbons (Fsp3) is 0.308. The summed E-state index contributed by atoms with van der Waals surface area (Å²) in [7, 11) is 0. The van der Waals surface area contributed by atoms with E-state index in [1.807, 2.05) is 6.07 Å². The minimum Gasteiger partial charge on any atom is -0.346 e. The summed E-state index contributed by atoms with van der Waals surface area (Å²) in [4.78, 5) is 30.4. The monoisotopic (exact) mass is 279 g/mol. The zero-order chi connectivity index (χ0) is 13.8. The fourth-order valence-electron chi connectivity index (χ4n) is 1.78. The van der Waals surface area contributed by atoms with E-state index in [1.54, 1.807) is 25.1 Å². The number of fused-ring (bicyclic) bond motifs is 1. The van der Waals surface area contributed by atoms with Crippen molar-refractivity contribution in [1.29, 1.82) is 0 Å². The predicted molar refractivity (Wildman–Crippen MR) is 74.3 cm³/mol. The number of carbonyl (C=O) groups excluding carboxylic acids is 1. The molecular weight excluding hydrogens is 266 g/mol. The number of nitrogens with zero attached hydrogens (tertiary/aromatic N) is 1. The van der Waals surface area contributed by atoms with Crippen LogP contribution in [0.4, 0.5) is 0 Å². The van der Waals surface area contributed by atoms with E-state index >= 15 is 0 Å². The Balaban J connectivity index is 2.30. The smallest absolute Gasteiger partial charge is 0.258 e. The molecule has 0 aliphatic rings. The van der Waals surface area contributed by atoms with Crippen LogP contribution in [0.3, 0.4) is 0 Å². The lowest BCUT2D eigenvalue weighted by atomic mass is 10.2. The van der Waals surface area contributed by atoms with Gasteiger partial charge in [0.2, 0.25) is 5.91 Å². The molecule has 1 amide bonds. The van der Waals surface area contributed by atoms with Crippen molar-refractivity contribution in [2.24, 2.45) is 0 Å². The van der Waals surface area contributed by atoms with Crippen LogP contribution in [0.15, 0.2) is 29.1 Å². The quantitative estimate of drug-likeness (QED) is 0.837. The number of alkyl halides is 1. The predicted octanol–water partition coefficient (Wildman–Crippen LogP) is 1.73. The first kappa shape index (κ1) is 13.5. The Morgan fingerprint density at radius 1 is 1.47 bits per heavy atom. The molecule has 0 saturated carbocycles. The highest BCUT2D eigenvalue weighted by Gasteiger charge is 2.12. The van der Waals surface area contributed by atoms with Crippen LogP contribution in [-0.4, -0.2) is 21.8 Å². The van der Waals surface area contributed by atoms with Crippen molar-refractivity contribution >= 4 is 28.4 Å². The van der Waals surface area contributed by atoms with Crippen molar-refractivity contribution in [3.63, 3.8) is 0 Å². The van der Waals surface area contributed by atoms with Crippen LogP contribution in [0.2, 0.25) is 0 Å². The summed E-state index contributed by atoms with van der Waals surface area (Å²) in [6, 6.07) is 6.70. The third-order valence-electron chi connectivity index (χ3n) is 2.74. The number of carbonyl (C=O) groups is 1. The second-order valence-corrected chi connectivity index (χ2v) is 4.57. The Labute approximate surface area is 115 Å². The summed E-state index contributed by atoms with van der Waals surface area (Å²) in [6.07, 6.45) is 0.240. The molecule has 0 aliphatic heterocycles. The molecule has 0 saturated heterocycles. The summed E-state index contributed by atoms with van der Waals surface area (Å²) in [5.41, 5.74) is 0.402. The maximum atomic E-state index is 11.9. The average molecular weight is 280 g/mol. The van der Waals surface area contributed by atoms with Gasteiger partial charge in [0.1, 0.15) is 5.82 Å². The molecule has 1 atom stereocenters. The number of aromatic nitrogens is 2. The number of benzene rings is 1. The van der Waals surface area contributed by atoms with Crippen molar-refractivity contribution in [1.82, 2.24) is 15.3 Å². The van der Waals surface area contributed by atoms with Gasteiger partial charge in [-0.05, 0) is 19.1 Å². The van der Waals surface area contributed by atoms with Gasteiger partial charge in [-0.2, -0.15) is 0 Å². The number of hydrogen-bond donors (Lipinski definition) is 2. The molecule has 1 heterocycles. The lowest BCUT2D eigenvalue weighted by molar-refractivity contribution is -0.121. The van der Waals surface area contributed by atoms with E-state index in [4.69, 9.17) is 11.6 Å². The van der Waals surface area contributed by atoms with Gasteiger partial charge in [0, 0.05) is 12.3 Å². The number of hydrogen-bond acceptors (Lipinski definition) is 3. The number of halogens is 1. The summed E-state index contributed by atoms with van der Waals surface area (Å²) in [5.74, 6) is 0.533. The maximum Gasteiger partial charge on any atom is 0.258 e. The minimum atomic E-state index is -0.368. The van der Waals surface area contributed by atoms with Crippen molar-refractivity contribution in [3.8, 4) is 0 Å². The van der Waals surface area contributed by atoms with E-state index in [9.17, 15) is 9.59 Å². The van der Waals surface area contributed by atoms with Crippen LogP contribution in [0, 0.1) is 0 Å². The average Bonchev–Trinajstić information content (AvgIpc) is 2.39. The summed E-state index contributed by atoms with van der Waals surface area (Å²) >= 11 is 5.49. The van der Waals surface area contributed by atoms with Gasteiger partial charge in [0.05, 0.1) is 16.9 Å². The minimum absolute atomic E-state index is 0.168. The Morgan fingerprint density at radius 3 is 2.95 bits per heavy atom. The molecule has 6 heteroatoms.